The highest BCUT2D eigenvalue weighted by atomic mass is 16.5. The normalized spacial score (nSPS) is 12.8. The summed E-state index contributed by atoms with van der Waals surface area (Å²) in [5.74, 6) is -0.358. The molecule has 0 aliphatic rings. The maximum atomic E-state index is 12.0. The third-order valence-corrected chi connectivity index (χ3v) is 6.41. The summed E-state index contributed by atoms with van der Waals surface area (Å²) in [4.78, 5) is 12.0. The summed E-state index contributed by atoms with van der Waals surface area (Å²) in [6.45, 7) is 8.74. The average Bonchev–Trinajstić information content (AvgIpc) is 2.84. The number of rotatable bonds is 20. The summed E-state index contributed by atoms with van der Waals surface area (Å²) in [6, 6.07) is 4.91. The minimum absolute atomic E-state index is 0.0268. The Kier molecular flexibility index (Phi) is 17.2. The summed E-state index contributed by atoms with van der Waals surface area (Å²) in [5, 5.41) is 23.8. The lowest BCUT2D eigenvalue weighted by molar-refractivity contribution is -0.139. The number of nitrogens with one attached hydrogen (secondary N) is 1. The molecule has 0 saturated carbocycles. The Balaban J connectivity index is 2.14. The Hall–Kier alpha value is -1.85. The van der Waals surface area contributed by atoms with Crippen molar-refractivity contribution in [2.24, 2.45) is 0 Å². The molecule has 0 saturated heterocycles. The Morgan fingerprint density at radius 2 is 1.50 bits per heavy atom. The number of hydrogen-bond acceptors (Lipinski definition) is 5. The van der Waals surface area contributed by atoms with Crippen molar-refractivity contribution in [3.05, 3.63) is 41.5 Å². The van der Waals surface area contributed by atoms with E-state index in [9.17, 15) is 15.0 Å². The van der Waals surface area contributed by atoms with Crippen LogP contribution < -0.4 is 5.32 Å². The van der Waals surface area contributed by atoms with Gasteiger partial charge >= 0.3 is 5.97 Å². The molecule has 5 heteroatoms. The maximum absolute atomic E-state index is 12.0. The van der Waals surface area contributed by atoms with Gasteiger partial charge in [-0.15, -0.1) is 0 Å². The second kappa shape index (κ2) is 19.3. The molecule has 1 rings (SSSR count). The van der Waals surface area contributed by atoms with Crippen LogP contribution in [0.15, 0.2) is 30.4 Å². The van der Waals surface area contributed by atoms with E-state index in [4.69, 9.17) is 4.74 Å². The Labute approximate surface area is 220 Å². The van der Waals surface area contributed by atoms with E-state index in [0.29, 0.717) is 17.7 Å². The van der Waals surface area contributed by atoms with Crippen LogP contribution in [0.3, 0.4) is 0 Å². The van der Waals surface area contributed by atoms with Crippen molar-refractivity contribution in [2.75, 3.05) is 6.54 Å². The van der Waals surface area contributed by atoms with Gasteiger partial charge in [-0.25, -0.2) is 4.79 Å². The molecule has 0 bridgehead atoms. The Morgan fingerprint density at radius 3 is 2.06 bits per heavy atom. The number of carbonyl (C=O) groups is 1. The third kappa shape index (κ3) is 16.8. The molecule has 0 heterocycles. The van der Waals surface area contributed by atoms with Crippen LogP contribution in [-0.2, 0) is 16.1 Å². The van der Waals surface area contributed by atoms with Crippen molar-refractivity contribution in [1.82, 2.24) is 5.32 Å². The largest absolute Gasteiger partial charge is 0.508 e. The predicted octanol–water partition coefficient (Wildman–Crippen LogP) is 7.89. The fourth-order valence-corrected chi connectivity index (χ4v) is 4.11. The van der Waals surface area contributed by atoms with Crippen molar-refractivity contribution < 1.29 is 19.7 Å². The molecule has 1 aromatic rings. The van der Waals surface area contributed by atoms with E-state index >= 15 is 0 Å². The molecule has 1 unspecified atom stereocenters. The van der Waals surface area contributed by atoms with Gasteiger partial charge in [0.15, 0.2) is 0 Å². The van der Waals surface area contributed by atoms with E-state index in [0.717, 1.165) is 12.8 Å². The van der Waals surface area contributed by atoms with Crippen LogP contribution in [0.4, 0.5) is 0 Å². The zero-order valence-corrected chi connectivity index (χ0v) is 23.5. The number of esters is 1. The minimum Gasteiger partial charge on any atom is -0.508 e. The summed E-state index contributed by atoms with van der Waals surface area (Å²) in [7, 11) is 0. The standard InChI is InChI=1S/C31H53NO4/c1-5-6-7-8-9-10-11-12-13-14-15-16-17-18-19-20-30(35)36-25-27-23-26(21-22-28(27)33)29(34)24-32-31(2,3)4/h19-23,29,32-34H,5-18,24-25H2,1-4H3/b20-19-. The number of phenols is 1. The van der Waals surface area contributed by atoms with Crippen molar-refractivity contribution in [3.63, 3.8) is 0 Å². The molecular weight excluding hydrogens is 450 g/mol. The summed E-state index contributed by atoms with van der Waals surface area (Å²) >= 11 is 0. The van der Waals surface area contributed by atoms with Crippen LogP contribution in [0.5, 0.6) is 5.75 Å². The van der Waals surface area contributed by atoms with E-state index in [2.05, 4.69) is 12.2 Å². The van der Waals surface area contributed by atoms with Crippen molar-refractivity contribution >= 4 is 5.97 Å². The van der Waals surface area contributed by atoms with Crippen LogP contribution >= 0.6 is 0 Å². The number of carbonyl (C=O) groups excluding carboxylic acids is 1. The van der Waals surface area contributed by atoms with E-state index in [-0.39, 0.29) is 17.9 Å². The molecule has 36 heavy (non-hydrogen) atoms. The monoisotopic (exact) mass is 503 g/mol. The number of ether oxygens (including phenoxy) is 1. The zero-order chi connectivity index (χ0) is 26.7. The number of aliphatic hydroxyl groups excluding tert-OH is 1. The molecule has 1 atom stereocenters. The quantitative estimate of drug-likeness (QED) is 0.0957. The highest BCUT2D eigenvalue weighted by Gasteiger charge is 2.15. The first-order valence-corrected chi connectivity index (χ1v) is 14.3. The number of unbranched alkanes of at least 4 members (excludes halogenated alkanes) is 13. The molecule has 5 nitrogen and oxygen atoms in total. The predicted molar refractivity (Wildman–Crippen MR) is 150 cm³/mol. The van der Waals surface area contributed by atoms with Gasteiger partial charge in [-0.3, -0.25) is 0 Å². The van der Waals surface area contributed by atoms with Crippen molar-refractivity contribution in [1.29, 1.82) is 0 Å². The average molecular weight is 504 g/mol. The van der Waals surface area contributed by atoms with E-state index in [1.807, 2.05) is 26.8 Å². The molecule has 0 radical (unpaired) electrons. The highest BCUT2D eigenvalue weighted by Crippen LogP contribution is 2.23. The number of phenolic OH excluding ortho intramolecular Hbond substituents is 1. The summed E-state index contributed by atoms with van der Waals surface area (Å²) in [5.41, 5.74) is 1.06. The molecule has 0 fully saturated rings. The number of hydrogen-bond donors (Lipinski definition) is 3. The van der Waals surface area contributed by atoms with Gasteiger partial charge in [-0.1, -0.05) is 96.1 Å². The van der Waals surface area contributed by atoms with Gasteiger partial charge in [0.2, 0.25) is 0 Å². The number of allylic oxidation sites excluding steroid dienone is 1. The van der Waals surface area contributed by atoms with Gasteiger partial charge < -0.3 is 20.3 Å². The lowest BCUT2D eigenvalue weighted by Gasteiger charge is -2.23. The first-order valence-electron chi connectivity index (χ1n) is 14.3. The fraction of sp³-hybridized carbons (Fsp3) is 0.710. The molecular formula is C31H53NO4. The number of aliphatic hydroxyl groups is 1. The highest BCUT2D eigenvalue weighted by molar-refractivity contribution is 5.81. The summed E-state index contributed by atoms with van der Waals surface area (Å²) < 4.78 is 5.29. The van der Waals surface area contributed by atoms with Crippen molar-refractivity contribution in [3.8, 4) is 5.75 Å². The molecule has 0 aliphatic heterocycles. The summed E-state index contributed by atoms with van der Waals surface area (Å²) in [6.07, 6.45) is 20.8. The van der Waals surface area contributed by atoms with Crippen LogP contribution in [0.25, 0.3) is 0 Å². The molecule has 206 valence electrons. The van der Waals surface area contributed by atoms with Gasteiger partial charge in [0.1, 0.15) is 12.4 Å². The van der Waals surface area contributed by atoms with Crippen LogP contribution in [0.1, 0.15) is 135 Å². The van der Waals surface area contributed by atoms with Crippen LogP contribution in [0.2, 0.25) is 0 Å². The van der Waals surface area contributed by atoms with Gasteiger partial charge in [-0.2, -0.15) is 0 Å². The van der Waals surface area contributed by atoms with E-state index in [1.165, 1.54) is 89.2 Å². The second-order valence-corrected chi connectivity index (χ2v) is 11.1. The first kappa shape index (κ1) is 32.2. The lowest BCUT2D eigenvalue weighted by Crippen LogP contribution is -2.38. The maximum Gasteiger partial charge on any atom is 0.330 e. The fourth-order valence-electron chi connectivity index (χ4n) is 4.11. The molecule has 1 aromatic carbocycles. The Morgan fingerprint density at radius 1 is 0.944 bits per heavy atom. The smallest absolute Gasteiger partial charge is 0.330 e. The van der Waals surface area contributed by atoms with Crippen LogP contribution in [0, 0.1) is 0 Å². The van der Waals surface area contributed by atoms with Crippen LogP contribution in [-0.4, -0.2) is 28.3 Å². The van der Waals surface area contributed by atoms with Gasteiger partial charge in [-0.05, 0) is 51.3 Å². The minimum atomic E-state index is -0.709. The zero-order valence-electron chi connectivity index (χ0n) is 23.5. The first-order chi connectivity index (χ1) is 17.2. The van der Waals surface area contributed by atoms with Gasteiger partial charge in [0, 0.05) is 23.7 Å². The Bertz CT molecular complexity index is 739. The van der Waals surface area contributed by atoms with Gasteiger partial charge in [0.05, 0.1) is 6.10 Å². The van der Waals surface area contributed by atoms with E-state index < -0.39 is 12.1 Å². The lowest BCUT2D eigenvalue weighted by atomic mass is 10.0. The molecule has 3 N–H and O–H groups in total. The van der Waals surface area contributed by atoms with Gasteiger partial charge in [0.25, 0.3) is 0 Å². The molecule has 0 spiro atoms. The van der Waals surface area contributed by atoms with E-state index in [1.54, 1.807) is 12.1 Å². The molecule has 0 aliphatic carbocycles. The number of aromatic hydroxyl groups is 1. The second-order valence-electron chi connectivity index (χ2n) is 11.1. The molecule has 0 amide bonds. The third-order valence-electron chi connectivity index (χ3n) is 6.41. The number of β-amino-alcohol motifs (C(OH)–C–C–N with tert-alkyl or cyclic N) is 1. The molecule has 0 aromatic heterocycles. The topological polar surface area (TPSA) is 78.8 Å². The number of benzene rings is 1. The van der Waals surface area contributed by atoms with Crippen molar-refractivity contribution in [2.45, 2.75) is 136 Å². The SMILES string of the molecule is CCCCCCCCCCCCCCC/C=C\C(=O)OCc1cc(C(O)CNC(C)(C)C)ccc1O.